The van der Waals surface area contributed by atoms with Crippen molar-refractivity contribution in [1.82, 2.24) is 9.97 Å². The SMILES string of the molecule is ClCc1ccc(Cl)nc1.O=C(O)c1cccnc1. The van der Waals surface area contributed by atoms with Crippen LogP contribution in [0, 0.1) is 0 Å². The van der Waals surface area contributed by atoms with Gasteiger partial charge < -0.3 is 5.11 Å². The molecule has 2 aromatic rings. The largest absolute Gasteiger partial charge is 0.478 e. The molecule has 0 radical (unpaired) electrons. The number of pyridine rings is 2. The zero-order valence-electron chi connectivity index (χ0n) is 9.25. The van der Waals surface area contributed by atoms with E-state index >= 15 is 0 Å². The highest BCUT2D eigenvalue weighted by Crippen LogP contribution is 2.06. The molecule has 0 amide bonds. The average Bonchev–Trinajstić information content (AvgIpc) is 2.41. The zero-order chi connectivity index (χ0) is 13.4. The molecule has 0 unspecified atom stereocenters. The normalized spacial score (nSPS) is 9.22. The molecule has 18 heavy (non-hydrogen) atoms. The van der Waals surface area contributed by atoms with Crippen molar-refractivity contribution >= 4 is 29.2 Å². The molecule has 0 atom stereocenters. The Morgan fingerprint density at radius 1 is 1.28 bits per heavy atom. The lowest BCUT2D eigenvalue weighted by Gasteiger charge is -1.91. The number of aromatic carboxylic acids is 1. The molecule has 0 fully saturated rings. The minimum Gasteiger partial charge on any atom is -0.478 e. The second-order valence-electron chi connectivity index (χ2n) is 3.17. The number of carboxylic acids is 1. The zero-order valence-corrected chi connectivity index (χ0v) is 10.8. The molecule has 2 heterocycles. The van der Waals surface area contributed by atoms with E-state index in [0.29, 0.717) is 11.0 Å². The molecule has 94 valence electrons. The quantitative estimate of drug-likeness (QED) is 0.679. The fourth-order valence-electron chi connectivity index (χ4n) is 0.975. The second-order valence-corrected chi connectivity index (χ2v) is 3.82. The standard InChI is InChI=1S/C6H5Cl2N.C6H5NO2/c7-3-5-1-2-6(8)9-4-5;8-6(9)5-2-1-3-7-4-5/h1-2,4H,3H2;1-4H,(H,8,9). The molecule has 0 spiro atoms. The van der Waals surface area contributed by atoms with Crippen LogP contribution in [0.4, 0.5) is 0 Å². The summed E-state index contributed by atoms with van der Waals surface area (Å²) in [6, 6.07) is 6.65. The van der Waals surface area contributed by atoms with Gasteiger partial charge in [0.15, 0.2) is 0 Å². The van der Waals surface area contributed by atoms with Crippen molar-refractivity contribution in [2.75, 3.05) is 0 Å². The van der Waals surface area contributed by atoms with Crippen LogP contribution < -0.4 is 0 Å². The van der Waals surface area contributed by atoms with Crippen LogP contribution in [0.2, 0.25) is 5.15 Å². The van der Waals surface area contributed by atoms with Crippen molar-refractivity contribution in [3.05, 3.63) is 59.1 Å². The molecule has 0 aromatic carbocycles. The Morgan fingerprint density at radius 2 is 2.06 bits per heavy atom. The monoisotopic (exact) mass is 284 g/mol. The Morgan fingerprint density at radius 3 is 2.44 bits per heavy atom. The lowest BCUT2D eigenvalue weighted by molar-refractivity contribution is 0.0696. The number of rotatable bonds is 2. The molecule has 0 saturated heterocycles. The number of alkyl halides is 1. The first-order valence-corrected chi connectivity index (χ1v) is 5.84. The third kappa shape index (κ3) is 5.12. The number of nitrogens with zero attached hydrogens (tertiary/aromatic N) is 2. The van der Waals surface area contributed by atoms with Crippen molar-refractivity contribution < 1.29 is 9.90 Å². The number of carboxylic acid groups (broad SMARTS) is 1. The van der Waals surface area contributed by atoms with Gasteiger partial charge in [-0.3, -0.25) is 4.98 Å². The molecule has 2 aromatic heterocycles. The third-order valence-electron chi connectivity index (χ3n) is 1.85. The van der Waals surface area contributed by atoms with E-state index in [9.17, 15) is 4.79 Å². The van der Waals surface area contributed by atoms with Crippen molar-refractivity contribution in [3.63, 3.8) is 0 Å². The van der Waals surface area contributed by atoms with Gasteiger partial charge in [-0.1, -0.05) is 17.7 Å². The van der Waals surface area contributed by atoms with Crippen LogP contribution in [0.25, 0.3) is 0 Å². The molecule has 2 rings (SSSR count). The van der Waals surface area contributed by atoms with Crippen molar-refractivity contribution in [3.8, 4) is 0 Å². The molecule has 0 bridgehead atoms. The minimum atomic E-state index is -0.942. The van der Waals surface area contributed by atoms with E-state index in [1.165, 1.54) is 18.5 Å². The molecule has 0 aliphatic rings. The topological polar surface area (TPSA) is 63.1 Å². The molecular formula is C12H10Cl2N2O2. The van der Waals surface area contributed by atoms with Crippen LogP contribution in [-0.4, -0.2) is 21.0 Å². The molecule has 0 saturated carbocycles. The van der Waals surface area contributed by atoms with Gasteiger partial charge >= 0.3 is 5.97 Å². The Hall–Kier alpha value is -1.65. The third-order valence-corrected chi connectivity index (χ3v) is 2.38. The number of hydrogen-bond donors (Lipinski definition) is 1. The fraction of sp³-hybridized carbons (Fsp3) is 0.0833. The highest BCUT2D eigenvalue weighted by atomic mass is 35.5. The second kappa shape index (κ2) is 7.63. The van der Waals surface area contributed by atoms with Crippen molar-refractivity contribution in [1.29, 1.82) is 0 Å². The van der Waals surface area contributed by atoms with Crippen molar-refractivity contribution in [2.45, 2.75) is 5.88 Å². The summed E-state index contributed by atoms with van der Waals surface area (Å²) in [6.45, 7) is 0. The molecular weight excluding hydrogens is 275 g/mol. The van der Waals surface area contributed by atoms with Crippen molar-refractivity contribution in [2.24, 2.45) is 0 Å². The van der Waals surface area contributed by atoms with Crippen LogP contribution >= 0.6 is 23.2 Å². The van der Waals surface area contributed by atoms with Gasteiger partial charge in [0.05, 0.1) is 5.56 Å². The Labute approximate surface area is 114 Å². The first-order valence-electron chi connectivity index (χ1n) is 4.93. The van der Waals surface area contributed by atoms with Gasteiger partial charge in [0.25, 0.3) is 0 Å². The molecule has 1 N–H and O–H groups in total. The predicted molar refractivity (Wildman–Crippen MR) is 70.0 cm³/mol. The predicted octanol–water partition coefficient (Wildman–Crippen LogP) is 3.25. The summed E-state index contributed by atoms with van der Waals surface area (Å²) in [5.74, 6) is -0.451. The fourth-order valence-corrected chi connectivity index (χ4v) is 1.24. The van der Waals surface area contributed by atoms with E-state index in [2.05, 4.69) is 9.97 Å². The van der Waals surface area contributed by atoms with Gasteiger partial charge in [0, 0.05) is 24.5 Å². The van der Waals surface area contributed by atoms with Crippen LogP contribution in [0.3, 0.4) is 0 Å². The van der Waals surface area contributed by atoms with E-state index in [0.717, 1.165) is 5.56 Å². The van der Waals surface area contributed by atoms with E-state index in [-0.39, 0.29) is 5.56 Å². The van der Waals surface area contributed by atoms with E-state index in [1.807, 2.05) is 6.07 Å². The van der Waals surface area contributed by atoms with Crippen LogP contribution in [0.1, 0.15) is 15.9 Å². The van der Waals surface area contributed by atoms with Gasteiger partial charge in [0.2, 0.25) is 0 Å². The highest BCUT2D eigenvalue weighted by Gasteiger charge is 1.97. The van der Waals surface area contributed by atoms with E-state index < -0.39 is 5.97 Å². The van der Waals surface area contributed by atoms with Crippen LogP contribution in [0.15, 0.2) is 42.9 Å². The molecule has 0 aliphatic heterocycles. The van der Waals surface area contributed by atoms with E-state index in [1.54, 1.807) is 18.3 Å². The summed E-state index contributed by atoms with van der Waals surface area (Å²) in [6.07, 6.45) is 4.50. The minimum absolute atomic E-state index is 0.220. The van der Waals surface area contributed by atoms with Gasteiger partial charge in [-0.15, -0.1) is 11.6 Å². The molecule has 0 aliphatic carbocycles. The number of carbonyl (C=O) groups is 1. The highest BCUT2D eigenvalue weighted by molar-refractivity contribution is 6.29. The number of halogens is 2. The maximum atomic E-state index is 10.2. The maximum Gasteiger partial charge on any atom is 0.337 e. The Balaban J connectivity index is 0.000000180. The maximum absolute atomic E-state index is 10.2. The summed E-state index contributed by atoms with van der Waals surface area (Å²) in [4.78, 5) is 17.6. The average molecular weight is 285 g/mol. The van der Waals surface area contributed by atoms with E-state index in [4.69, 9.17) is 28.3 Å². The summed E-state index contributed by atoms with van der Waals surface area (Å²) < 4.78 is 0. The summed E-state index contributed by atoms with van der Waals surface area (Å²) in [5.41, 5.74) is 1.21. The molecule has 4 nitrogen and oxygen atoms in total. The first kappa shape index (κ1) is 14.4. The van der Waals surface area contributed by atoms with Crippen LogP contribution in [-0.2, 0) is 5.88 Å². The lowest BCUT2D eigenvalue weighted by atomic mass is 10.3. The number of aromatic nitrogens is 2. The lowest BCUT2D eigenvalue weighted by Crippen LogP contribution is -1.94. The summed E-state index contributed by atoms with van der Waals surface area (Å²) in [7, 11) is 0. The summed E-state index contributed by atoms with van der Waals surface area (Å²) >= 11 is 11.0. The Bertz CT molecular complexity index is 489. The van der Waals surface area contributed by atoms with Crippen LogP contribution in [0.5, 0.6) is 0 Å². The first-order chi connectivity index (χ1) is 8.63. The molecule has 6 heteroatoms. The van der Waals surface area contributed by atoms with Gasteiger partial charge in [-0.2, -0.15) is 0 Å². The van der Waals surface area contributed by atoms with Gasteiger partial charge in [-0.25, -0.2) is 9.78 Å². The number of hydrogen-bond acceptors (Lipinski definition) is 3. The summed E-state index contributed by atoms with van der Waals surface area (Å²) in [5, 5.41) is 8.85. The van der Waals surface area contributed by atoms with Gasteiger partial charge in [0.1, 0.15) is 5.15 Å². The van der Waals surface area contributed by atoms with Gasteiger partial charge in [-0.05, 0) is 23.8 Å². The smallest absolute Gasteiger partial charge is 0.337 e. The Kier molecular flexibility index (Phi) is 6.11.